The summed E-state index contributed by atoms with van der Waals surface area (Å²) in [7, 11) is -0.959. The topological polar surface area (TPSA) is 72.2 Å². The van der Waals surface area contributed by atoms with Gasteiger partial charge < -0.3 is 5.32 Å². The molecule has 8 heteroatoms. The molecule has 0 aliphatic rings. The first-order chi connectivity index (χ1) is 8.82. The second-order valence-corrected chi connectivity index (χ2v) is 6.27. The van der Waals surface area contributed by atoms with Gasteiger partial charge in [-0.3, -0.25) is 14.3 Å². The molecule has 106 valence electrons. The maximum Gasteiger partial charge on any atom is 0.294 e. The predicted molar refractivity (Wildman–Crippen MR) is 74.7 cm³/mol. The first-order valence-electron chi connectivity index (χ1n) is 5.52. The molecule has 0 aromatic heterocycles. The van der Waals surface area contributed by atoms with Crippen molar-refractivity contribution in [3.63, 3.8) is 0 Å². The molecule has 0 spiro atoms. The number of hydrogen-bond acceptors (Lipinski definition) is 4. The Balaban J connectivity index is 2.80. The van der Waals surface area contributed by atoms with E-state index in [1.165, 1.54) is 0 Å². The van der Waals surface area contributed by atoms with Crippen LogP contribution in [0.15, 0.2) is 12.1 Å². The molecule has 0 saturated carbocycles. The Morgan fingerprint density at radius 3 is 2.74 bits per heavy atom. The third-order valence-corrected chi connectivity index (χ3v) is 4.33. The summed E-state index contributed by atoms with van der Waals surface area (Å²) in [5.74, 6) is -0.720. The van der Waals surface area contributed by atoms with Gasteiger partial charge in [-0.1, -0.05) is 18.5 Å². The third kappa shape index (κ3) is 4.43. The van der Waals surface area contributed by atoms with E-state index in [1.807, 2.05) is 6.92 Å². The Bertz CT molecular complexity index is 513. The van der Waals surface area contributed by atoms with Gasteiger partial charge >= 0.3 is 0 Å². The number of hydrogen-bond donors (Lipinski definition) is 1. The van der Waals surface area contributed by atoms with Crippen molar-refractivity contribution in [3.8, 4) is 0 Å². The van der Waals surface area contributed by atoms with E-state index in [0.717, 1.165) is 12.1 Å². The van der Waals surface area contributed by atoms with Crippen molar-refractivity contribution in [2.24, 2.45) is 0 Å². The molecular formula is C11H14ClFN2O3S. The van der Waals surface area contributed by atoms with Crippen LogP contribution in [0.1, 0.15) is 13.3 Å². The molecule has 0 radical (unpaired) electrons. The molecule has 1 aromatic rings. The first-order valence-corrected chi connectivity index (χ1v) is 7.52. The van der Waals surface area contributed by atoms with Gasteiger partial charge in [-0.05, 0) is 6.42 Å². The quantitative estimate of drug-likeness (QED) is 0.648. The minimum absolute atomic E-state index is 0.0382. The fourth-order valence-corrected chi connectivity index (χ4v) is 2.01. The van der Waals surface area contributed by atoms with Crippen LogP contribution in [0.3, 0.4) is 0 Å². The number of nitro groups is 1. The highest BCUT2D eigenvalue weighted by atomic mass is 35.5. The number of nitrogens with zero attached hydrogens (tertiary/aromatic N) is 1. The highest BCUT2D eigenvalue weighted by Crippen LogP contribution is 2.30. The van der Waals surface area contributed by atoms with E-state index in [-0.39, 0.29) is 21.6 Å². The molecule has 1 N–H and O–H groups in total. The van der Waals surface area contributed by atoms with Gasteiger partial charge in [0.15, 0.2) is 0 Å². The van der Waals surface area contributed by atoms with Gasteiger partial charge in [-0.2, -0.15) is 0 Å². The highest BCUT2D eigenvalue weighted by molar-refractivity contribution is 7.84. The number of benzene rings is 1. The standard InChI is InChI=1S/C11H14ClFN2O3S/c1-7(19(2)18)3-4-14-10-6-9(13)8(12)5-11(10)15(16)17/h5-7,14H,3-4H2,1-2H3. The van der Waals surface area contributed by atoms with Gasteiger partial charge in [0.05, 0.1) is 9.95 Å². The summed E-state index contributed by atoms with van der Waals surface area (Å²) in [6.07, 6.45) is 2.15. The fraction of sp³-hybridized carbons (Fsp3) is 0.455. The number of halogens is 2. The summed E-state index contributed by atoms with van der Waals surface area (Å²) in [5, 5.41) is 13.3. The van der Waals surface area contributed by atoms with E-state index >= 15 is 0 Å². The molecule has 0 fully saturated rings. The van der Waals surface area contributed by atoms with Crippen LogP contribution < -0.4 is 5.32 Å². The molecular weight excluding hydrogens is 295 g/mol. The van der Waals surface area contributed by atoms with Crippen molar-refractivity contribution >= 4 is 33.8 Å². The SMILES string of the molecule is CC(CCNc1cc(F)c(Cl)cc1[N+](=O)[O-])S(C)=O. The van der Waals surface area contributed by atoms with Crippen molar-refractivity contribution in [2.45, 2.75) is 18.6 Å². The van der Waals surface area contributed by atoms with Crippen LogP contribution in [0.2, 0.25) is 5.02 Å². The second kappa shape index (κ2) is 6.81. The largest absolute Gasteiger partial charge is 0.379 e. The molecule has 5 nitrogen and oxygen atoms in total. The molecule has 0 aliphatic heterocycles. The molecule has 0 saturated heterocycles. The Morgan fingerprint density at radius 2 is 2.21 bits per heavy atom. The lowest BCUT2D eigenvalue weighted by atomic mass is 10.2. The minimum atomic E-state index is -0.959. The van der Waals surface area contributed by atoms with Crippen LogP contribution in [0.4, 0.5) is 15.8 Å². The maximum absolute atomic E-state index is 13.3. The van der Waals surface area contributed by atoms with Crippen LogP contribution in [-0.4, -0.2) is 27.2 Å². The zero-order valence-electron chi connectivity index (χ0n) is 10.5. The van der Waals surface area contributed by atoms with E-state index in [9.17, 15) is 18.7 Å². The summed E-state index contributed by atoms with van der Waals surface area (Å²) >= 11 is 5.51. The molecule has 2 unspecified atom stereocenters. The zero-order valence-corrected chi connectivity index (χ0v) is 12.1. The second-order valence-electron chi connectivity index (χ2n) is 4.07. The van der Waals surface area contributed by atoms with Crippen molar-refractivity contribution in [3.05, 3.63) is 33.1 Å². The van der Waals surface area contributed by atoms with Crippen molar-refractivity contribution < 1.29 is 13.5 Å². The highest BCUT2D eigenvalue weighted by Gasteiger charge is 2.17. The molecule has 0 amide bonds. The summed E-state index contributed by atoms with van der Waals surface area (Å²) in [5.41, 5.74) is -0.211. The van der Waals surface area contributed by atoms with Crippen LogP contribution >= 0.6 is 11.6 Å². The Labute approximate surface area is 117 Å². The van der Waals surface area contributed by atoms with Crippen molar-refractivity contribution in [2.75, 3.05) is 18.1 Å². The van der Waals surface area contributed by atoms with Gasteiger partial charge in [-0.15, -0.1) is 0 Å². The van der Waals surface area contributed by atoms with Crippen LogP contribution in [0.5, 0.6) is 0 Å². The van der Waals surface area contributed by atoms with Crippen molar-refractivity contribution in [1.82, 2.24) is 0 Å². The Kier molecular flexibility index (Phi) is 5.68. The number of anilines is 1. The average molecular weight is 309 g/mol. The number of nitro benzene ring substituents is 1. The number of rotatable bonds is 6. The predicted octanol–water partition coefficient (Wildman–Crippen LogP) is 2.96. The van der Waals surface area contributed by atoms with E-state index in [1.54, 1.807) is 6.26 Å². The Morgan fingerprint density at radius 1 is 1.58 bits per heavy atom. The average Bonchev–Trinajstić information content (AvgIpc) is 2.32. The fourth-order valence-electron chi connectivity index (χ4n) is 1.41. The van der Waals surface area contributed by atoms with Gasteiger partial charge in [0.1, 0.15) is 11.5 Å². The molecule has 19 heavy (non-hydrogen) atoms. The number of nitrogens with one attached hydrogen (secondary N) is 1. The van der Waals surface area contributed by atoms with Crippen LogP contribution in [0, 0.1) is 15.9 Å². The van der Waals surface area contributed by atoms with Gasteiger partial charge in [0.2, 0.25) is 0 Å². The lowest BCUT2D eigenvalue weighted by molar-refractivity contribution is -0.384. The van der Waals surface area contributed by atoms with E-state index in [2.05, 4.69) is 5.32 Å². The van der Waals surface area contributed by atoms with Gasteiger partial charge in [0.25, 0.3) is 5.69 Å². The van der Waals surface area contributed by atoms with E-state index < -0.39 is 21.5 Å². The summed E-state index contributed by atoms with van der Waals surface area (Å²) in [4.78, 5) is 10.2. The monoisotopic (exact) mass is 308 g/mol. The lowest BCUT2D eigenvalue weighted by Crippen LogP contribution is -2.15. The lowest BCUT2D eigenvalue weighted by Gasteiger charge is -2.11. The molecule has 0 heterocycles. The molecule has 1 aromatic carbocycles. The molecule has 2 atom stereocenters. The van der Waals surface area contributed by atoms with Gasteiger partial charge in [0, 0.05) is 41.0 Å². The molecule has 0 aliphatic carbocycles. The van der Waals surface area contributed by atoms with E-state index in [0.29, 0.717) is 13.0 Å². The van der Waals surface area contributed by atoms with Crippen molar-refractivity contribution in [1.29, 1.82) is 0 Å². The van der Waals surface area contributed by atoms with Gasteiger partial charge in [-0.25, -0.2) is 4.39 Å². The van der Waals surface area contributed by atoms with Crippen LogP contribution in [0.25, 0.3) is 0 Å². The molecule has 0 bridgehead atoms. The normalized spacial score (nSPS) is 13.9. The smallest absolute Gasteiger partial charge is 0.294 e. The summed E-state index contributed by atoms with van der Waals surface area (Å²) in [6.45, 7) is 2.18. The molecule has 1 rings (SSSR count). The first kappa shape index (κ1) is 15.8. The minimum Gasteiger partial charge on any atom is -0.379 e. The Hall–Kier alpha value is -1.21. The van der Waals surface area contributed by atoms with Crippen LogP contribution in [-0.2, 0) is 10.8 Å². The zero-order chi connectivity index (χ0) is 14.6. The third-order valence-electron chi connectivity index (χ3n) is 2.67. The summed E-state index contributed by atoms with van der Waals surface area (Å²) < 4.78 is 24.5. The van der Waals surface area contributed by atoms with E-state index in [4.69, 9.17) is 11.6 Å². The maximum atomic E-state index is 13.3. The summed E-state index contributed by atoms with van der Waals surface area (Å²) in [6, 6.07) is 1.97.